The molecule has 0 aliphatic rings. The minimum atomic E-state index is -0.715. The second-order valence-electron chi connectivity index (χ2n) is 8.13. The van der Waals surface area contributed by atoms with Crippen molar-refractivity contribution in [2.24, 2.45) is 0 Å². The van der Waals surface area contributed by atoms with E-state index in [2.05, 4.69) is 5.32 Å². The Bertz CT molecular complexity index is 891. The van der Waals surface area contributed by atoms with Crippen LogP contribution >= 0.6 is 34.8 Å². The summed E-state index contributed by atoms with van der Waals surface area (Å²) in [7, 11) is 0. The highest BCUT2D eigenvalue weighted by Gasteiger charge is 2.31. The lowest BCUT2D eigenvalue weighted by molar-refractivity contribution is -0.143. The Hall–Kier alpha value is -1.95. The molecule has 168 valence electrons. The van der Waals surface area contributed by atoms with E-state index in [-0.39, 0.29) is 25.0 Å². The average Bonchev–Trinajstić information content (AvgIpc) is 2.68. The Balaban J connectivity index is 2.29. The van der Waals surface area contributed by atoms with Crippen molar-refractivity contribution in [3.63, 3.8) is 0 Å². The van der Waals surface area contributed by atoms with E-state index >= 15 is 0 Å². The average molecular weight is 486 g/mol. The summed E-state index contributed by atoms with van der Waals surface area (Å²) >= 11 is 18.6. The van der Waals surface area contributed by atoms with E-state index in [0.717, 1.165) is 0 Å². The molecular weight excluding hydrogens is 459 g/mol. The van der Waals surface area contributed by atoms with Gasteiger partial charge >= 0.3 is 0 Å². The highest BCUT2D eigenvalue weighted by atomic mass is 35.5. The molecule has 5 nitrogen and oxygen atoms in total. The van der Waals surface area contributed by atoms with Crippen LogP contribution in [0.5, 0.6) is 5.75 Å². The van der Waals surface area contributed by atoms with Gasteiger partial charge in [0.1, 0.15) is 11.8 Å². The minimum absolute atomic E-state index is 0.0807. The van der Waals surface area contributed by atoms with Gasteiger partial charge in [0.2, 0.25) is 5.91 Å². The zero-order valence-electron chi connectivity index (χ0n) is 18.0. The Morgan fingerprint density at radius 3 is 2.13 bits per heavy atom. The monoisotopic (exact) mass is 484 g/mol. The molecule has 1 N–H and O–H groups in total. The van der Waals surface area contributed by atoms with Crippen LogP contribution in [0.3, 0.4) is 0 Å². The maximum absolute atomic E-state index is 13.2. The van der Waals surface area contributed by atoms with Crippen LogP contribution in [-0.4, -0.2) is 34.9 Å². The molecule has 0 aliphatic carbocycles. The molecular formula is C23H27Cl3N2O3. The molecule has 1 atom stereocenters. The summed E-state index contributed by atoms with van der Waals surface area (Å²) in [6.45, 7) is 7.34. The van der Waals surface area contributed by atoms with Gasteiger partial charge in [0, 0.05) is 32.7 Å². The highest BCUT2D eigenvalue weighted by Crippen LogP contribution is 2.27. The van der Waals surface area contributed by atoms with Crippen molar-refractivity contribution in [3.8, 4) is 5.75 Å². The van der Waals surface area contributed by atoms with E-state index in [1.165, 1.54) is 4.90 Å². The molecule has 0 radical (unpaired) electrons. The van der Waals surface area contributed by atoms with Crippen LogP contribution in [0.25, 0.3) is 0 Å². The zero-order valence-corrected chi connectivity index (χ0v) is 20.3. The number of carbonyl (C=O) groups excluding carboxylic acids is 2. The molecule has 0 saturated carbocycles. The van der Waals surface area contributed by atoms with Crippen molar-refractivity contribution < 1.29 is 14.3 Å². The normalized spacial score (nSPS) is 12.2. The van der Waals surface area contributed by atoms with Gasteiger partial charge in [-0.15, -0.1) is 0 Å². The van der Waals surface area contributed by atoms with Crippen LogP contribution in [0, 0.1) is 0 Å². The van der Waals surface area contributed by atoms with Crippen LogP contribution in [0.4, 0.5) is 0 Å². The lowest BCUT2D eigenvalue weighted by Crippen LogP contribution is -2.54. The molecule has 0 aliphatic heterocycles. The van der Waals surface area contributed by atoms with Crippen molar-refractivity contribution >= 4 is 46.6 Å². The highest BCUT2D eigenvalue weighted by molar-refractivity contribution is 6.36. The fourth-order valence-corrected chi connectivity index (χ4v) is 3.63. The molecule has 0 spiro atoms. The number of rotatable bonds is 8. The second kappa shape index (κ2) is 11.1. The Morgan fingerprint density at radius 2 is 1.61 bits per heavy atom. The number of hydrogen-bond donors (Lipinski definition) is 1. The SMILES string of the molecule is CC[C@H](C(=O)NC(C)(C)C)N(Cc1c(Cl)cccc1Cl)C(=O)COc1ccc(Cl)cc1. The number of nitrogens with one attached hydrogen (secondary N) is 1. The quantitative estimate of drug-likeness (QED) is 0.518. The Labute approximate surface area is 198 Å². The lowest BCUT2D eigenvalue weighted by atomic mass is 10.1. The molecule has 0 aromatic heterocycles. The van der Waals surface area contributed by atoms with E-state index in [9.17, 15) is 9.59 Å². The van der Waals surface area contributed by atoms with Crippen LogP contribution in [-0.2, 0) is 16.1 Å². The fourth-order valence-electron chi connectivity index (χ4n) is 2.98. The summed E-state index contributed by atoms with van der Waals surface area (Å²) in [5, 5.41) is 4.37. The number of nitrogens with zero attached hydrogens (tertiary/aromatic N) is 1. The first kappa shape index (κ1) is 25.3. The first-order chi connectivity index (χ1) is 14.5. The summed E-state index contributed by atoms with van der Waals surface area (Å²) in [5.74, 6) is -0.111. The third kappa shape index (κ3) is 7.60. The Kier molecular flexibility index (Phi) is 9.04. The minimum Gasteiger partial charge on any atom is -0.484 e. The van der Waals surface area contributed by atoms with Crippen molar-refractivity contribution in [1.82, 2.24) is 10.2 Å². The summed E-state index contributed by atoms with van der Waals surface area (Å²) in [5.41, 5.74) is 0.133. The molecule has 8 heteroatoms. The third-order valence-electron chi connectivity index (χ3n) is 4.45. The van der Waals surface area contributed by atoms with E-state index in [1.807, 2.05) is 27.7 Å². The number of ether oxygens (including phenoxy) is 1. The molecule has 0 heterocycles. The molecule has 0 saturated heterocycles. The van der Waals surface area contributed by atoms with Crippen LogP contribution in [0.1, 0.15) is 39.7 Å². The summed E-state index contributed by atoms with van der Waals surface area (Å²) < 4.78 is 5.63. The first-order valence-electron chi connectivity index (χ1n) is 9.94. The van der Waals surface area contributed by atoms with Crippen LogP contribution in [0.2, 0.25) is 15.1 Å². The standard InChI is InChI=1S/C23H27Cl3N2O3/c1-5-20(22(30)27-23(2,3)4)28(13-17-18(25)7-6-8-19(17)26)21(29)14-31-16-11-9-15(24)10-12-16/h6-12,20H,5,13-14H2,1-4H3,(H,27,30)/t20-/m1/s1. The van der Waals surface area contributed by atoms with Gasteiger partial charge in [0.05, 0.1) is 0 Å². The van der Waals surface area contributed by atoms with Crippen molar-refractivity contribution in [3.05, 3.63) is 63.1 Å². The lowest BCUT2D eigenvalue weighted by Gasteiger charge is -2.33. The molecule has 0 fully saturated rings. The largest absolute Gasteiger partial charge is 0.484 e. The molecule has 2 amide bonds. The number of carbonyl (C=O) groups is 2. The number of amides is 2. The maximum Gasteiger partial charge on any atom is 0.261 e. The summed E-state index contributed by atoms with van der Waals surface area (Å²) in [4.78, 5) is 27.6. The third-order valence-corrected chi connectivity index (χ3v) is 5.41. The van der Waals surface area contributed by atoms with Gasteiger partial charge in [-0.2, -0.15) is 0 Å². The van der Waals surface area contributed by atoms with Gasteiger partial charge < -0.3 is 15.0 Å². The van der Waals surface area contributed by atoms with E-state index in [0.29, 0.717) is 32.8 Å². The molecule has 31 heavy (non-hydrogen) atoms. The maximum atomic E-state index is 13.2. The zero-order chi connectivity index (χ0) is 23.2. The second-order valence-corrected chi connectivity index (χ2v) is 9.38. The first-order valence-corrected chi connectivity index (χ1v) is 11.1. The predicted molar refractivity (Wildman–Crippen MR) is 126 cm³/mol. The predicted octanol–water partition coefficient (Wildman–Crippen LogP) is 5.75. The van der Waals surface area contributed by atoms with Crippen molar-refractivity contribution in [2.45, 2.75) is 52.2 Å². The summed E-state index contributed by atoms with van der Waals surface area (Å²) in [6.07, 6.45) is 0.413. The van der Waals surface area contributed by atoms with E-state index < -0.39 is 11.6 Å². The van der Waals surface area contributed by atoms with Gasteiger partial charge in [-0.1, -0.05) is 47.8 Å². The van der Waals surface area contributed by atoms with Crippen molar-refractivity contribution in [2.75, 3.05) is 6.61 Å². The number of benzene rings is 2. The van der Waals surface area contributed by atoms with Gasteiger partial charge in [-0.05, 0) is 63.6 Å². The molecule has 0 bridgehead atoms. The summed E-state index contributed by atoms with van der Waals surface area (Å²) in [6, 6.07) is 11.1. The Morgan fingerprint density at radius 1 is 1.03 bits per heavy atom. The van der Waals surface area contributed by atoms with E-state index in [1.54, 1.807) is 42.5 Å². The van der Waals surface area contributed by atoms with Gasteiger partial charge in [-0.25, -0.2) is 0 Å². The smallest absolute Gasteiger partial charge is 0.261 e. The fraction of sp³-hybridized carbons (Fsp3) is 0.391. The topological polar surface area (TPSA) is 58.6 Å². The molecule has 2 rings (SSSR count). The number of hydrogen-bond acceptors (Lipinski definition) is 3. The molecule has 2 aromatic carbocycles. The van der Waals surface area contributed by atoms with E-state index in [4.69, 9.17) is 39.5 Å². The van der Waals surface area contributed by atoms with Gasteiger partial charge in [0.15, 0.2) is 6.61 Å². The van der Waals surface area contributed by atoms with Gasteiger partial charge in [0.25, 0.3) is 5.91 Å². The van der Waals surface area contributed by atoms with Crippen molar-refractivity contribution in [1.29, 1.82) is 0 Å². The van der Waals surface area contributed by atoms with Crippen LogP contribution in [0.15, 0.2) is 42.5 Å². The van der Waals surface area contributed by atoms with Gasteiger partial charge in [-0.3, -0.25) is 9.59 Å². The molecule has 0 unspecified atom stereocenters. The molecule has 2 aromatic rings. The number of halogens is 3. The van der Waals surface area contributed by atoms with Crippen LogP contribution < -0.4 is 10.1 Å².